The van der Waals surface area contributed by atoms with E-state index in [0.29, 0.717) is 0 Å². The van der Waals surface area contributed by atoms with Crippen LogP contribution in [-0.4, -0.2) is 23.9 Å². The Morgan fingerprint density at radius 1 is 1.67 bits per heavy atom. The first kappa shape index (κ1) is 12.5. The average Bonchev–Trinajstić information content (AvgIpc) is 2.18. The molecule has 5 heteroatoms. The second-order valence-electron chi connectivity index (χ2n) is 3.01. The first-order chi connectivity index (χ1) is 7.10. The molecule has 0 spiro atoms. The second-order valence-corrected chi connectivity index (χ2v) is 4.78. The van der Waals surface area contributed by atoms with Crippen LogP contribution < -0.4 is 5.73 Å². The number of nitrogens with two attached hydrogens (primary N) is 1. The lowest BCUT2D eigenvalue weighted by Gasteiger charge is -2.14. The third-order valence-electron chi connectivity index (χ3n) is 2.10. The zero-order valence-corrected chi connectivity index (χ0v) is 10.6. The van der Waals surface area contributed by atoms with Crippen LogP contribution in [0.4, 0.5) is 0 Å². The highest BCUT2D eigenvalue weighted by Crippen LogP contribution is 2.29. The summed E-state index contributed by atoms with van der Waals surface area (Å²) in [5.74, 6) is -1.52. The van der Waals surface area contributed by atoms with E-state index in [1.807, 2.05) is 24.5 Å². The molecule has 1 rings (SSSR count). The van der Waals surface area contributed by atoms with Crippen molar-refractivity contribution >= 4 is 33.7 Å². The maximum atomic E-state index is 11.0. The molecule has 0 bridgehead atoms. The van der Waals surface area contributed by atoms with E-state index < -0.39 is 11.9 Å². The standard InChI is InChI=1S/C10H12BrNO2S/c1-15-9-3-2-6(11)4-7(9)8(5-12)10(13)14/h2-4,8H,5,12H2,1H3,(H,13,14). The SMILES string of the molecule is CSc1ccc(Br)cc1C(CN)C(=O)O. The zero-order chi connectivity index (χ0) is 11.4. The summed E-state index contributed by atoms with van der Waals surface area (Å²) in [6, 6.07) is 5.61. The summed E-state index contributed by atoms with van der Waals surface area (Å²) < 4.78 is 0.870. The number of carboxylic acids is 1. The number of aliphatic carboxylic acids is 1. The van der Waals surface area contributed by atoms with Crippen LogP contribution in [0.5, 0.6) is 0 Å². The molecule has 15 heavy (non-hydrogen) atoms. The Kier molecular flexibility index (Phi) is 4.63. The van der Waals surface area contributed by atoms with Crippen LogP contribution >= 0.6 is 27.7 Å². The molecule has 3 nitrogen and oxygen atoms in total. The summed E-state index contributed by atoms with van der Waals surface area (Å²) >= 11 is 4.85. The number of hydrogen-bond donors (Lipinski definition) is 2. The van der Waals surface area contributed by atoms with E-state index in [2.05, 4.69) is 15.9 Å². The molecule has 0 saturated carbocycles. The molecular weight excluding hydrogens is 278 g/mol. The number of rotatable bonds is 4. The lowest BCUT2D eigenvalue weighted by Crippen LogP contribution is -2.21. The van der Waals surface area contributed by atoms with Gasteiger partial charge < -0.3 is 10.8 Å². The van der Waals surface area contributed by atoms with Crippen molar-refractivity contribution in [3.63, 3.8) is 0 Å². The topological polar surface area (TPSA) is 63.3 Å². The molecule has 0 aliphatic rings. The molecule has 0 radical (unpaired) electrons. The highest BCUT2D eigenvalue weighted by molar-refractivity contribution is 9.10. The Bertz CT molecular complexity index is 370. The molecule has 0 heterocycles. The molecule has 82 valence electrons. The number of hydrogen-bond acceptors (Lipinski definition) is 3. The van der Waals surface area contributed by atoms with Gasteiger partial charge in [-0.1, -0.05) is 15.9 Å². The van der Waals surface area contributed by atoms with Gasteiger partial charge in [0, 0.05) is 15.9 Å². The number of halogens is 1. The molecule has 1 atom stereocenters. The van der Waals surface area contributed by atoms with Crippen LogP contribution in [0.15, 0.2) is 27.6 Å². The van der Waals surface area contributed by atoms with Gasteiger partial charge in [0.05, 0.1) is 5.92 Å². The first-order valence-corrected chi connectivity index (χ1v) is 6.38. The van der Waals surface area contributed by atoms with E-state index in [9.17, 15) is 4.79 Å². The van der Waals surface area contributed by atoms with Crippen molar-refractivity contribution in [2.24, 2.45) is 5.73 Å². The van der Waals surface area contributed by atoms with Crippen molar-refractivity contribution in [2.45, 2.75) is 10.8 Å². The van der Waals surface area contributed by atoms with Gasteiger partial charge in [0.15, 0.2) is 0 Å². The minimum atomic E-state index is -0.883. The number of benzene rings is 1. The van der Waals surface area contributed by atoms with Crippen molar-refractivity contribution in [2.75, 3.05) is 12.8 Å². The monoisotopic (exact) mass is 289 g/mol. The Hall–Kier alpha value is -0.520. The summed E-state index contributed by atoms with van der Waals surface area (Å²) in [7, 11) is 0. The van der Waals surface area contributed by atoms with Crippen molar-refractivity contribution < 1.29 is 9.90 Å². The van der Waals surface area contributed by atoms with E-state index in [-0.39, 0.29) is 6.54 Å². The first-order valence-electron chi connectivity index (χ1n) is 4.36. The molecule has 1 aromatic carbocycles. The van der Waals surface area contributed by atoms with Crippen molar-refractivity contribution in [1.29, 1.82) is 0 Å². The molecule has 0 aliphatic carbocycles. The van der Waals surface area contributed by atoms with Crippen molar-refractivity contribution in [3.8, 4) is 0 Å². The van der Waals surface area contributed by atoms with Gasteiger partial charge in [-0.15, -0.1) is 11.8 Å². The summed E-state index contributed by atoms with van der Waals surface area (Å²) in [6.07, 6.45) is 1.92. The Morgan fingerprint density at radius 2 is 2.33 bits per heavy atom. The minimum absolute atomic E-state index is 0.110. The zero-order valence-electron chi connectivity index (χ0n) is 8.24. The molecule has 0 saturated heterocycles. The Morgan fingerprint density at radius 3 is 2.80 bits per heavy atom. The molecule has 0 aliphatic heterocycles. The molecule has 0 fully saturated rings. The average molecular weight is 290 g/mol. The molecule has 0 aromatic heterocycles. The van der Waals surface area contributed by atoms with Crippen LogP contribution in [0.3, 0.4) is 0 Å². The van der Waals surface area contributed by atoms with E-state index >= 15 is 0 Å². The van der Waals surface area contributed by atoms with Crippen LogP contribution in [0.25, 0.3) is 0 Å². The van der Waals surface area contributed by atoms with E-state index in [1.54, 1.807) is 0 Å². The smallest absolute Gasteiger partial charge is 0.312 e. The summed E-state index contributed by atoms with van der Waals surface area (Å²) in [5.41, 5.74) is 6.24. The predicted octanol–water partition coefficient (Wildman–Crippen LogP) is 2.30. The quantitative estimate of drug-likeness (QED) is 0.835. The molecular formula is C10H12BrNO2S. The highest BCUT2D eigenvalue weighted by Gasteiger charge is 2.21. The fourth-order valence-electron chi connectivity index (χ4n) is 1.34. The Balaban J connectivity index is 3.19. The molecule has 0 amide bonds. The lowest BCUT2D eigenvalue weighted by molar-refractivity contribution is -0.138. The van der Waals surface area contributed by atoms with Gasteiger partial charge in [-0.05, 0) is 30.0 Å². The van der Waals surface area contributed by atoms with Crippen LogP contribution in [0.1, 0.15) is 11.5 Å². The normalized spacial score (nSPS) is 12.5. The van der Waals surface area contributed by atoms with Gasteiger partial charge in [-0.2, -0.15) is 0 Å². The molecule has 1 unspecified atom stereocenters. The van der Waals surface area contributed by atoms with Crippen LogP contribution in [-0.2, 0) is 4.79 Å². The fraction of sp³-hybridized carbons (Fsp3) is 0.300. The summed E-state index contributed by atoms with van der Waals surface area (Å²) in [5, 5.41) is 9.03. The van der Waals surface area contributed by atoms with Crippen molar-refractivity contribution in [1.82, 2.24) is 0 Å². The van der Waals surface area contributed by atoms with Crippen LogP contribution in [0.2, 0.25) is 0 Å². The Labute approximate surface area is 101 Å². The third-order valence-corrected chi connectivity index (χ3v) is 3.41. The lowest BCUT2D eigenvalue weighted by atomic mass is 9.99. The van der Waals surface area contributed by atoms with Gasteiger partial charge in [-0.25, -0.2) is 0 Å². The summed E-state index contributed by atoms with van der Waals surface area (Å²) in [6.45, 7) is 0.110. The van der Waals surface area contributed by atoms with E-state index in [4.69, 9.17) is 10.8 Å². The number of carboxylic acid groups (broad SMARTS) is 1. The van der Waals surface area contributed by atoms with Gasteiger partial charge in [0.2, 0.25) is 0 Å². The molecule has 1 aromatic rings. The van der Waals surface area contributed by atoms with Gasteiger partial charge in [0.25, 0.3) is 0 Å². The van der Waals surface area contributed by atoms with Gasteiger partial charge >= 0.3 is 5.97 Å². The van der Waals surface area contributed by atoms with E-state index in [1.165, 1.54) is 11.8 Å². The second kappa shape index (κ2) is 5.53. The maximum Gasteiger partial charge on any atom is 0.312 e. The number of carbonyl (C=O) groups is 1. The highest BCUT2D eigenvalue weighted by atomic mass is 79.9. The van der Waals surface area contributed by atoms with Gasteiger partial charge in [-0.3, -0.25) is 4.79 Å². The number of thioether (sulfide) groups is 1. The fourth-order valence-corrected chi connectivity index (χ4v) is 2.36. The summed E-state index contributed by atoms with van der Waals surface area (Å²) in [4.78, 5) is 12.0. The maximum absolute atomic E-state index is 11.0. The third kappa shape index (κ3) is 2.96. The molecule has 3 N–H and O–H groups in total. The van der Waals surface area contributed by atoms with Gasteiger partial charge in [0.1, 0.15) is 0 Å². The predicted molar refractivity (Wildman–Crippen MR) is 65.4 cm³/mol. The van der Waals surface area contributed by atoms with E-state index in [0.717, 1.165) is 14.9 Å². The van der Waals surface area contributed by atoms with Crippen LogP contribution in [0, 0.1) is 0 Å². The largest absolute Gasteiger partial charge is 0.481 e. The van der Waals surface area contributed by atoms with Crippen molar-refractivity contribution in [3.05, 3.63) is 28.2 Å². The minimum Gasteiger partial charge on any atom is -0.481 e.